The Morgan fingerprint density at radius 3 is 2.52 bits per heavy atom. The van der Waals surface area contributed by atoms with Crippen LogP contribution in [0.1, 0.15) is 66.0 Å². The highest BCUT2D eigenvalue weighted by molar-refractivity contribution is 5.69. The van der Waals surface area contributed by atoms with Crippen LogP contribution >= 0.6 is 0 Å². The topological polar surface area (TPSA) is 69.5 Å². The molecular weight excluding hydrogens is 320 g/mol. The Balaban J connectivity index is 1.87. The van der Waals surface area contributed by atoms with Crippen LogP contribution in [-0.4, -0.2) is 50.0 Å². The third-order valence-corrected chi connectivity index (χ3v) is 5.00. The first kappa shape index (κ1) is 18.2. The minimum absolute atomic E-state index is 0.277. The van der Waals surface area contributed by atoms with Gasteiger partial charge in [-0.15, -0.1) is 10.2 Å². The summed E-state index contributed by atoms with van der Waals surface area (Å²) in [5, 5.41) is 8.87. The second-order valence-electron chi connectivity index (χ2n) is 8.90. The van der Waals surface area contributed by atoms with Gasteiger partial charge in [0.25, 0.3) is 0 Å². The standard InChI is InChI=1S/C18H30N4O3/c1-16(2,3)25-15(23)22-10-9-21-13(12-17(22,4)5)19-20-14(21)18(6)8-7-11-24-18/h7-12H2,1-6H3. The second kappa shape index (κ2) is 5.97. The fourth-order valence-corrected chi connectivity index (χ4v) is 3.69. The van der Waals surface area contributed by atoms with Crippen LogP contribution < -0.4 is 0 Å². The molecule has 0 radical (unpaired) electrons. The summed E-state index contributed by atoms with van der Waals surface area (Å²) in [7, 11) is 0. The third kappa shape index (κ3) is 3.52. The summed E-state index contributed by atoms with van der Waals surface area (Å²) in [6.07, 6.45) is 2.34. The van der Waals surface area contributed by atoms with Crippen LogP contribution in [0.2, 0.25) is 0 Å². The molecule has 3 heterocycles. The van der Waals surface area contributed by atoms with Gasteiger partial charge in [0.05, 0.1) is 0 Å². The van der Waals surface area contributed by atoms with Crippen LogP contribution in [0.3, 0.4) is 0 Å². The molecule has 7 nitrogen and oxygen atoms in total. The van der Waals surface area contributed by atoms with E-state index in [-0.39, 0.29) is 11.7 Å². The zero-order valence-corrected chi connectivity index (χ0v) is 16.3. The Kier molecular flexibility index (Phi) is 4.34. The maximum atomic E-state index is 12.7. The van der Waals surface area contributed by atoms with Crippen LogP contribution in [0.25, 0.3) is 0 Å². The number of fused-ring (bicyclic) bond motifs is 1. The molecule has 0 N–H and O–H groups in total. The number of hydrogen-bond acceptors (Lipinski definition) is 5. The van der Waals surface area contributed by atoms with Gasteiger partial charge < -0.3 is 18.9 Å². The summed E-state index contributed by atoms with van der Waals surface area (Å²) < 4.78 is 13.7. The molecule has 1 fully saturated rings. The number of amides is 1. The zero-order valence-electron chi connectivity index (χ0n) is 16.3. The Morgan fingerprint density at radius 1 is 1.20 bits per heavy atom. The molecule has 2 aliphatic heterocycles. The Hall–Kier alpha value is -1.63. The average molecular weight is 350 g/mol. The van der Waals surface area contributed by atoms with Gasteiger partial charge >= 0.3 is 6.09 Å². The van der Waals surface area contributed by atoms with Crippen molar-refractivity contribution in [3.63, 3.8) is 0 Å². The molecule has 0 bridgehead atoms. The van der Waals surface area contributed by atoms with E-state index in [1.165, 1.54) is 0 Å². The van der Waals surface area contributed by atoms with Crippen molar-refractivity contribution < 1.29 is 14.3 Å². The number of hydrogen-bond donors (Lipinski definition) is 0. The lowest BCUT2D eigenvalue weighted by Crippen LogP contribution is -2.50. The quantitative estimate of drug-likeness (QED) is 0.779. The van der Waals surface area contributed by atoms with E-state index in [2.05, 4.69) is 35.5 Å². The largest absolute Gasteiger partial charge is 0.444 e. The van der Waals surface area contributed by atoms with E-state index >= 15 is 0 Å². The van der Waals surface area contributed by atoms with Gasteiger partial charge in [-0.3, -0.25) is 0 Å². The SMILES string of the molecule is CC(C)(C)OC(=O)N1CCn2c(nnc2C2(C)CCCO2)CC1(C)C. The number of carbonyl (C=O) groups is 1. The molecule has 25 heavy (non-hydrogen) atoms. The van der Waals surface area contributed by atoms with Crippen molar-refractivity contribution in [3.05, 3.63) is 11.6 Å². The molecule has 140 valence electrons. The molecule has 1 atom stereocenters. The first-order chi connectivity index (χ1) is 11.5. The second-order valence-corrected chi connectivity index (χ2v) is 8.90. The van der Waals surface area contributed by atoms with Crippen LogP contribution in [-0.2, 0) is 28.0 Å². The number of carbonyl (C=O) groups excluding carboxylic acids is 1. The summed E-state index contributed by atoms with van der Waals surface area (Å²) in [5.74, 6) is 1.78. The summed E-state index contributed by atoms with van der Waals surface area (Å²) in [4.78, 5) is 14.5. The molecular formula is C18H30N4O3. The molecule has 1 unspecified atom stereocenters. The molecule has 1 saturated heterocycles. The zero-order chi connectivity index (χ0) is 18.5. The fourth-order valence-electron chi connectivity index (χ4n) is 3.69. The molecule has 0 spiro atoms. The van der Waals surface area contributed by atoms with E-state index in [0.717, 1.165) is 31.1 Å². The van der Waals surface area contributed by atoms with Gasteiger partial charge in [0.1, 0.15) is 17.0 Å². The Labute approximate surface area is 149 Å². The molecule has 7 heteroatoms. The highest BCUT2D eigenvalue weighted by Gasteiger charge is 2.42. The number of aromatic nitrogens is 3. The molecule has 1 amide bonds. The maximum Gasteiger partial charge on any atom is 0.410 e. The van der Waals surface area contributed by atoms with Gasteiger partial charge in [0.15, 0.2) is 5.82 Å². The molecule has 0 aliphatic carbocycles. The Morgan fingerprint density at radius 2 is 1.92 bits per heavy atom. The highest BCUT2D eigenvalue weighted by atomic mass is 16.6. The van der Waals surface area contributed by atoms with Crippen molar-refractivity contribution in [1.29, 1.82) is 0 Å². The van der Waals surface area contributed by atoms with Gasteiger partial charge in [-0.1, -0.05) is 0 Å². The Bertz CT molecular complexity index is 654. The molecule has 0 saturated carbocycles. The predicted octanol–water partition coefficient (Wildman–Crippen LogP) is 2.88. The predicted molar refractivity (Wildman–Crippen MR) is 93.3 cm³/mol. The van der Waals surface area contributed by atoms with Gasteiger partial charge in [-0.2, -0.15) is 0 Å². The lowest BCUT2D eigenvalue weighted by Gasteiger charge is -2.37. The van der Waals surface area contributed by atoms with Gasteiger partial charge in [-0.05, 0) is 54.4 Å². The van der Waals surface area contributed by atoms with E-state index in [4.69, 9.17) is 9.47 Å². The smallest absolute Gasteiger partial charge is 0.410 e. The van der Waals surface area contributed by atoms with Gasteiger partial charge in [0.2, 0.25) is 0 Å². The van der Waals surface area contributed by atoms with Crippen molar-refractivity contribution in [3.8, 4) is 0 Å². The van der Waals surface area contributed by atoms with E-state index in [1.807, 2.05) is 25.7 Å². The van der Waals surface area contributed by atoms with Crippen molar-refractivity contribution in [2.45, 2.75) is 84.1 Å². The van der Waals surface area contributed by atoms with Crippen LogP contribution in [0.15, 0.2) is 0 Å². The number of rotatable bonds is 1. The fraction of sp³-hybridized carbons (Fsp3) is 0.833. The highest BCUT2D eigenvalue weighted by Crippen LogP contribution is 2.36. The molecule has 2 aliphatic rings. The summed E-state index contributed by atoms with van der Waals surface area (Å²) in [6.45, 7) is 13.8. The minimum Gasteiger partial charge on any atom is -0.444 e. The van der Waals surface area contributed by atoms with Crippen molar-refractivity contribution in [1.82, 2.24) is 19.7 Å². The van der Waals surface area contributed by atoms with E-state index in [0.29, 0.717) is 19.5 Å². The summed E-state index contributed by atoms with van der Waals surface area (Å²) in [5.41, 5.74) is -1.28. The summed E-state index contributed by atoms with van der Waals surface area (Å²) in [6, 6.07) is 0. The minimum atomic E-state index is -0.509. The average Bonchev–Trinajstić information content (AvgIpc) is 3.01. The monoisotopic (exact) mass is 350 g/mol. The van der Waals surface area contributed by atoms with E-state index < -0.39 is 11.1 Å². The maximum absolute atomic E-state index is 12.7. The number of ether oxygens (including phenoxy) is 2. The first-order valence-corrected chi connectivity index (χ1v) is 9.09. The van der Waals surface area contributed by atoms with Gasteiger partial charge in [-0.25, -0.2) is 4.79 Å². The third-order valence-electron chi connectivity index (χ3n) is 5.00. The van der Waals surface area contributed by atoms with Gasteiger partial charge in [0, 0.05) is 31.7 Å². The summed E-state index contributed by atoms with van der Waals surface area (Å²) >= 11 is 0. The van der Waals surface area contributed by atoms with Crippen LogP contribution in [0, 0.1) is 0 Å². The molecule has 1 aromatic heterocycles. The molecule has 1 aromatic rings. The number of nitrogens with zero attached hydrogens (tertiary/aromatic N) is 4. The first-order valence-electron chi connectivity index (χ1n) is 9.09. The molecule has 3 rings (SSSR count). The van der Waals surface area contributed by atoms with E-state index in [1.54, 1.807) is 0 Å². The normalized spacial score (nSPS) is 26.2. The van der Waals surface area contributed by atoms with Crippen molar-refractivity contribution in [2.75, 3.05) is 13.2 Å². The lowest BCUT2D eigenvalue weighted by molar-refractivity contribution is 0.00169. The van der Waals surface area contributed by atoms with Crippen molar-refractivity contribution >= 4 is 6.09 Å². The lowest BCUT2D eigenvalue weighted by atomic mass is 9.98. The molecule has 0 aromatic carbocycles. The van der Waals surface area contributed by atoms with E-state index in [9.17, 15) is 4.79 Å². The van der Waals surface area contributed by atoms with Crippen molar-refractivity contribution in [2.24, 2.45) is 0 Å². The van der Waals surface area contributed by atoms with Crippen LogP contribution in [0.5, 0.6) is 0 Å². The van der Waals surface area contributed by atoms with Crippen LogP contribution in [0.4, 0.5) is 4.79 Å².